The minimum atomic E-state index is -0.134. The molecule has 0 saturated carbocycles. The second-order valence-electron chi connectivity index (χ2n) is 4.43. The first-order valence-electron chi connectivity index (χ1n) is 5.90. The number of nitrogens with zero attached hydrogens (tertiary/aromatic N) is 1. The highest BCUT2D eigenvalue weighted by molar-refractivity contribution is 14.1. The lowest BCUT2D eigenvalue weighted by Gasteiger charge is -2.15. The van der Waals surface area contributed by atoms with Crippen molar-refractivity contribution < 1.29 is 9.59 Å². The number of hydrogen-bond acceptors (Lipinski definition) is 2. The van der Waals surface area contributed by atoms with E-state index in [2.05, 4.69) is 27.9 Å². The Morgan fingerprint density at radius 1 is 1.50 bits per heavy atom. The molecule has 0 radical (unpaired) electrons. The molecule has 2 rings (SSSR count). The van der Waals surface area contributed by atoms with E-state index >= 15 is 0 Å². The fraction of sp³-hybridized carbons (Fsp3) is 0.385. The summed E-state index contributed by atoms with van der Waals surface area (Å²) in [4.78, 5) is 24.8. The molecule has 1 aliphatic rings. The van der Waals surface area contributed by atoms with E-state index in [1.54, 1.807) is 4.90 Å². The number of carbonyl (C=O) groups excluding carboxylic acids is 2. The van der Waals surface area contributed by atoms with Gasteiger partial charge in [0.25, 0.3) is 0 Å². The van der Waals surface area contributed by atoms with E-state index in [1.165, 1.54) is 5.56 Å². The highest BCUT2D eigenvalue weighted by Crippen LogP contribution is 2.17. The van der Waals surface area contributed by atoms with E-state index in [9.17, 15) is 9.59 Å². The van der Waals surface area contributed by atoms with Crippen LogP contribution in [0.25, 0.3) is 0 Å². The Labute approximate surface area is 120 Å². The fourth-order valence-corrected chi connectivity index (χ4v) is 2.43. The van der Waals surface area contributed by atoms with Gasteiger partial charge in [-0.05, 0) is 53.6 Å². The highest BCUT2D eigenvalue weighted by atomic mass is 127. The van der Waals surface area contributed by atoms with E-state index in [4.69, 9.17) is 0 Å². The minimum absolute atomic E-state index is 0.0728. The zero-order valence-electron chi connectivity index (χ0n) is 10.2. The zero-order valence-corrected chi connectivity index (χ0v) is 12.4. The van der Waals surface area contributed by atoms with Gasteiger partial charge in [0.1, 0.15) is 0 Å². The van der Waals surface area contributed by atoms with Crippen molar-refractivity contribution in [2.45, 2.75) is 19.8 Å². The lowest BCUT2D eigenvalue weighted by Crippen LogP contribution is -2.33. The number of rotatable bonds is 3. The van der Waals surface area contributed by atoms with Gasteiger partial charge in [-0.15, -0.1) is 0 Å². The van der Waals surface area contributed by atoms with E-state index in [0.717, 1.165) is 15.7 Å². The Balaban J connectivity index is 1.94. The number of likely N-dealkylation sites (tertiary alicyclic amines) is 1. The fourth-order valence-electron chi connectivity index (χ4n) is 1.92. The predicted octanol–water partition coefficient (Wildman–Crippen LogP) is 2.16. The Kier molecular flexibility index (Phi) is 4.21. The van der Waals surface area contributed by atoms with Gasteiger partial charge in [-0.3, -0.25) is 9.59 Å². The van der Waals surface area contributed by atoms with Crippen molar-refractivity contribution in [2.75, 3.05) is 18.4 Å². The van der Waals surface area contributed by atoms with Crippen LogP contribution in [-0.4, -0.2) is 29.8 Å². The summed E-state index contributed by atoms with van der Waals surface area (Å²) in [7, 11) is 0. The summed E-state index contributed by atoms with van der Waals surface area (Å²) in [5, 5.41) is 2.82. The quantitative estimate of drug-likeness (QED) is 0.842. The lowest BCUT2D eigenvalue weighted by molar-refractivity contribution is -0.131. The molecule has 0 atom stereocenters. The summed E-state index contributed by atoms with van der Waals surface area (Å²) < 4.78 is 1.11. The molecule has 1 aliphatic heterocycles. The number of halogens is 1. The molecular weight excluding hydrogens is 343 g/mol. The van der Waals surface area contributed by atoms with Crippen molar-refractivity contribution >= 4 is 40.1 Å². The van der Waals surface area contributed by atoms with E-state index < -0.39 is 0 Å². The van der Waals surface area contributed by atoms with Crippen molar-refractivity contribution in [3.05, 3.63) is 27.3 Å². The molecular formula is C13H15IN2O2. The highest BCUT2D eigenvalue weighted by Gasteiger charge is 2.22. The molecule has 1 saturated heterocycles. The van der Waals surface area contributed by atoms with E-state index in [1.807, 2.05) is 25.1 Å². The Bertz CT molecular complexity index is 488. The van der Waals surface area contributed by atoms with Crippen LogP contribution in [-0.2, 0) is 9.59 Å². The number of nitrogens with one attached hydrogen (secondary N) is 1. The smallest absolute Gasteiger partial charge is 0.243 e. The Morgan fingerprint density at radius 3 is 2.89 bits per heavy atom. The van der Waals surface area contributed by atoms with Crippen LogP contribution in [0.4, 0.5) is 5.69 Å². The average molecular weight is 358 g/mol. The normalized spacial score (nSPS) is 15.0. The third-order valence-corrected chi connectivity index (χ3v) is 4.12. The molecule has 0 unspecified atom stereocenters. The first-order chi connectivity index (χ1) is 8.56. The molecule has 2 amide bonds. The molecule has 96 valence electrons. The van der Waals surface area contributed by atoms with Crippen molar-refractivity contribution in [3.63, 3.8) is 0 Å². The van der Waals surface area contributed by atoms with Gasteiger partial charge in [0.2, 0.25) is 11.8 Å². The van der Waals surface area contributed by atoms with Crippen LogP contribution in [0, 0.1) is 10.5 Å². The minimum Gasteiger partial charge on any atom is -0.333 e. The standard InChI is InChI=1S/C13H15IN2O2/c1-9-4-5-10(7-11(9)14)15-12(17)8-16-6-2-3-13(16)18/h4-5,7H,2-3,6,8H2,1H3,(H,15,17). The maximum absolute atomic E-state index is 11.8. The number of anilines is 1. The van der Waals surface area contributed by atoms with Gasteiger partial charge >= 0.3 is 0 Å². The van der Waals surface area contributed by atoms with Crippen LogP contribution in [0.3, 0.4) is 0 Å². The zero-order chi connectivity index (χ0) is 13.1. The van der Waals surface area contributed by atoms with Gasteiger partial charge in [0, 0.05) is 22.2 Å². The predicted molar refractivity (Wildman–Crippen MR) is 78.3 cm³/mol. The van der Waals surface area contributed by atoms with Crippen molar-refractivity contribution in [1.82, 2.24) is 4.90 Å². The molecule has 1 fully saturated rings. The van der Waals surface area contributed by atoms with Crippen molar-refractivity contribution in [2.24, 2.45) is 0 Å². The van der Waals surface area contributed by atoms with Crippen LogP contribution in [0.5, 0.6) is 0 Å². The number of amides is 2. The van der Waals surface area contributed by atoms with Gasteiger partial charge in [-0.2, -0.15) is 0 Å². The Hall–Kier alpha value is -1.11. The molecule has 4 nitrogen and oxygen atoms in total. The molecule has 1 aromatic carbocycles. The van der Waals surface area contributed by atoms with Crippen LogP contribution in [0.2, 0.25) is 0 Å². The summed E-state index contributed by atoms with van der Waals surface area (Å²) >= 11 is 2.23. The van der Waals surface area contributed by atoms with Crippen molar-refractivity contribution in [3.8, 4) is 0 Å². The van der Waals surface area contributed by atoms with Gasteiger partial charge < -0.3 is 10.2 Å². The SMILES string of the molecule is Cc1ccc(NC(=O)CN2CCCC2=O)cc1I. The molecule has 1 aromatic rings. The van der Waals surface area contributed by atoms with Crippen LogP contribution >= 0.6 is 22.6 Å². The second-order valence-corrected chi connectivity index (χ2v) is 5.59. The van der Waals surface area contributed by atoms with Crippen LogP contribution in [0.15, 0.2) is 18.2 Å². The number of benzene rings is 1. The summed E-state index contributed by atoms with van der Waals surface area (Å²) in [6, 6.07) is 5.78. The first kappa shape index (κ1) is 13.3. The maximum atomic E-state index is 11.8. The largest absolute Gasteiger partial charge is 0.333 e. The van der Waals surface area contributed by atoms with Gasteiger partial charge in [0.05, 0.1) is 6.54 Å². The van der Waals surface area contributed by atoms with E-state index in [-0.39, 0.29) is 18.4 Å². The summed E-state index contributed by atoms with van der Waals surface area (Å²) in [6.07, 6.45) is 1.42. The third-order valence-electron chi connectivity index (χ3n) is 2.96. The second kappa shape index (κ2) is 5.69. The number of hydrogen-bond donors (Lipinski definition) is 1. The molecule has 0 aromatic heterocycles. The molecule has 1 N–H and O–H groups in total. The summed E-state index contributed by atoms with van der Waals surface area (Å²) in [6.45, 7) is 2.87. The maximum Gasteiger partial charge on any atom is 0.243 e. The molecule has 0 aliphatic carbocycles. The summed E-state index contributed by atoms with van der Waals surface area (Å²) in [5.41, 5.74) is 1.96. The van der Waals surface area contributed by atoms with E-state index in [0.29, 0.717) is 13.0 Å². The van der Waals surface area contributed by atoms with Gasteiger partial charge in [0.15, 0.2) is 0 Å². The van der Waals surface area contributed by atoms with Crippen molar-refractivity contribution in [1.29, 1.82) is 0 Å². The topological polar surface area (TPSA) is 49.4 Å². The lowest BCUT2D eigenvalue weighted by atomic mass is 10.2. The van der Waals surface area contributed by atoms with Gasteiger partial charge in [-0.1, -0.05) is 6.07 Å². The molecule has 18 heavy (non-hydrogen) atoms. The number of aryl methyl sites for hydroxylation is 1. The first-order valence-corrected chi connectivity index (χ1v) is 6.98. The number of carbonyl (C=O) groups is 2. The molecule has 1 heterocycles. The van der Waals surface area contributed by atoms with Crippen LogP contribution < -0.4 is 5.32 Å². The average Bonchev–Trinajstić information content (AvgIpc) is 2.70. The monoisotopic (exact) mass is 358 g/mol. The molecule has 0 spiro atoms. The molecule has 0 bridgehead atoms. The van der Waals surface area contributed by atoms with Gasteiger partial charge in [-0.25, -0.2) is 0 Å². The summed E-state index contributed by atoms with van der Waals surface area (Å²) in [5.74, 6) is -0.0615. The molecule has 5 heteroatoms. The van der Waals surface area contributed by atoms with Crippen LogP contribution in [0.1, 0.15) is 18.4 Å². The third kappa shape index (κ3) is 3.22. The Morgan fingerprint density at radius 2 is 2.28 bits per heavy atom.